The maximum absolute atomic E-state index is 11.8. The van der Waals surface area contributed by atoms with Gasteiger partial charge in [0, 0.05) is 12.0 Å². The Morgan fingerprint density at radius 1 is 0.957 bits per heavy atom. The van der Waals surface area contributed by atoms with Gasteiger partial charge in [0.1, 0.15) is 0 Å². The fraction of sp³-hybridized carbons (Fsp3) is 0.111. The number of carboxylic acids is 1. The third-order valence-electron chi connectivity index (χ3n) is 3.81. The number of hydrogen-bond acceptors (Lipinski definition) is 4. The van der Waals surface area contributed by atoms with E-state index in [1.165, 1.54) is 6.07 Å². The molecule has 1 N–H and O–H groups in total. The third kappa shape index (κ3) is 2.94. The molecule has 1 aliphatic rings. The highest BCUT2D eigenvalue weighted by atomic mass is 16.4. The van der Waals surface area contributed by atoms with Gasteiger partial charge in [-0.2, -0.15) is 0 Å². The van der Waals surface area contributed by atoms with Crippen molar-refractivity contribution in [1.29, 1.82) is 0 Å². The number of fused-ring (bicyclic) bond motifs is 1. The fourth-order valence-corrected chi connectivity index (χ4v) is 2.57. The maximum Gasteiger partial charge on any atom is 0.335 e. The summed E-state index contributed by atoms with van der Waals surface area (Å²) >= 11 is 0. The average Bonchev–Trinajstić information content (AvgIpc) is 2.52. The first-order valence-corrected chi connectivity index (χ1v) is 7.01. The second-order valence-electron chi connectivity index (χ2n) is 5.44. The summed E-state index contributed by atoms with van der Waals surface area (Å²) in [7, 11) is 0. The fourth-order valence-electron chi connectivity index (χ4n) is 2.57. The number of hydrogen-bond donors (Lipinski definition) is 1. The summed E-state index contributed by atoms with van der Waals surface area (Å²) in [4.78, 5) is 45.4. The van der Waals surface area contributed by atoms with Crippen molar-refractivity contribution in [3.05, 3.63) is 59.2 Å². The molecule has 0 fully saturated rings. The van der Waals surface area contributed by atoms with E-state index in [4.69, 9.17) is 5.11 Å². The van der Waals surface area contributed by atoms with Gasteiger partial charge in [0.2, 0.25) is 11.6 Å². The molecule has 1 aliphatic carbocycles. The second kappa shape index (κ2) is 5.61. The number of benzene rings is 2. The van der Waals surface area contributed by atoms with Crippen molar-refractivity contribution in [2.75, 3.05) is 0 Å². The lowest BCUT2D eigenvalue weighted by Crippen LogP contribution is -2.24. The molecule has 0 unspecified atom stereocenters. The zero-order valence-corrected chi connectivity index (χ0v) is 12.0. The van der Waals surface area contributed by atoms with Gasteiger partial charge in [0.15, 0.2) is 5.78 Å². The molecule has 0 atom stereocenters. The van der Waals surface area contributed by atoms with Crippen LogP contribution in [0.2, 0.25) is 0 Å². The molecule has 23 heavy (non-hydrogen) atoms. The number of allylic oxidation sites excluding steroid dienone is 2. The quantitative estimate of drug-likeness (QED) is 0.693. The van der Waals surface area contributed by atoms with Gasteiger partial charge in [0.25, 0.3) is 0 Å². The monoisotopic (exact) mass is 308 g/mol. The minimum Gasteiger partial charge on any atom is -0.478 e. The standard InChI is InChI=1S/C18H12O5/c19-15-9-17(21)16(20)8-14(15)6-10-1-2-12-7-13(18(22)23)4-3-11(12)5-10/h1-5,7-8H,6,9H2,(H,22,23). The number of ketones is 3. The molecule has 0 spiro atoms. The number of carbonyl (C=O) groups excluding carboxylic acids is 3. The van der Waals surface area contributed by atoms with Crippen molar-refractivity contribution in [2.45, 2.75) is 12.8 Å². The van der Waals surface area contributed by atoms with Crippen LogP contribution in [-0.2, 0) is 20.8 Å². The van der Waals surface area contributed by atoms with Crippen LogP contribution in [0.1, 0.15) is 22.3 Å². The van der Waals surface area contributed by atoms with Gasteiger partial charge in [-0.25, -0.2) is 4.79 Å². The van der Waals surface area contributed by atoms with Crippen LogP contribution in [0.15, 0.2) is 48.0 Å². The van der Waals surface area contributed by atoms with Gasteiger partial charge in [-0.3, -0.25) is 14.4 Å². The topological polar surface area (TPSA) is 88.5 Å². The summed E-state index contributed by atoms with van der Waals surface area (Å²) in [5.74, 6) is -2.61. The predicted octanol–water partition coefficient (Wildman–Crippen LogP) is 2.12. The Kier molecular flexibility index (Phi) is 3.62. The van der Waals surface area contributed by atoms with Gasteiger partial charge in [0.05, 0.1) is 12.0 Å². The SMILES string of the molecule is O=C1C=C(Cc2ccc3cc(C(=O)O)ccc3c2)C(=O)CC1=O. The Labute approximate surface area is 131 Å². The summed E-state index contributed by atoms with van der Waals surface area (Å²) in [5, 5.41) is 10.6. The lowest BCUT2D eigenvalue weighted by atomic mass is 9.91. The summed E-state index contributed by atoms with van der Waals surface area (Å²) in [6, 6.07) is 10.2. The molecule has 0 saturated heterocycles. The van der Waals surface area contributed by atoms with E-state index in [2.05, 4.69) is 0 Å². The van der Waals surface area contributed by atoms with Gasteiger partial charge in [-0.15, -0.1) is 0 Å². The second-order valence-corrected chi connectivity index (χ2v) is 5.44. The molecular formula is C18H12O5. The lowest BCUT2D eigenvalue weighted by Gasteiger charge is -2.11. The Hall–Kier alpha value is -3.08. The molecule has 5 nitrogen and oxygen atoms in total. The largest absolute Gasteiger partial charge is 0.478 e. The highest BCUT2D eigenvalue weighted by Crippen LogP contribution is 2.21. The molecule has 5 heteroatoms. The Bertz CT molecular complexity index is 905. The molecule has 0 aliphatic heterocycles. The molecule has 0 amide bonds. The van der Waals surface area contributed by atoms with Gasteiger partial charge in [-0.05, 0) is 34.5 Å². The highest BCUT2D eigenvalue weighted by Gasteiger charge is 2.25. The molecule has 0 aromatic heterocycles. The van der Waals surface area contributed by atoms with Crippen molar-refractivity contribution < 1.29 is 24.3 Å². The van der Waals surface area contributed by atoms with Gasteiger partial charge in [-0.1, -0.05) is 24.3 Å². The van der Waals surface area contributed by atoms with E-state index in [1.54, 1.807) is 24.3 Å². The summed E-state index contributed by atoms with van der Waals surface area (Å²) in [5.41, 5.74) is 1.36. The summed E-state index contributed by atoms with van der Waals surface area (Å²) in [6.45, 7) is 0. The molecule has 3 rings (SSSR count). The molecule has 0 radical (unpaired) electrons. The number of carboxylic acid groups (broad SMARTS) is 1. The van der Waals surface area contributed by atoms with Crippen LogP contribution in [0.3, 0.4) is 0 Å². The molecule has 2 aromatic rings. The minimum absolute atomic E-state index is 0.208. The van der Waals surface area contributed by atoms with E-state index in [-0.39, 0.29) is 24.2 Å². The van der Waals surface area contributed by atoms with E-state index in [1.807, 2.05) is 6.07 Å². The van der Waals surface area contributed by atoms with Crippen molar-refractivity contribution in [3.8, 4) is 0 Å². The third-order valence-corrected chi connectivity index (χ3v) is 3.81. The molecular weight excluding hydrogens is 296 g/mol. The van der Waals surface area contributed by atoms with E-state index < -0.39 is 17.5 Å². The first kappa shape index (κ1) is 14.8. The van der Waals surface area contributed by atoms with Gasteiger partial charge < -0.3 is 5.11 Å². The number of Topliss-reactive ketones (excluding diaryl/α,β-unsaturated/α-hetero) is 2. The average molecular weight is 308 g/mol. The van der Waals surface area contributed by atoms with Crippen molar-refractivity contribution in [3.63, 3.8) is 0 Å². The van der Waals surface area contributed by atoms with Crippen LogP contribution in [0.4, 0.5) is 0 Å². The van der Waals surface area contributed by atoms with E-state index in [0.717, 1.165) is 22.4 Å². The first-order valence-electron chi connectivity index (χ1n) is 7.01. The van der Waals surface area contributed by atoms with E-state index in [9.17, 15) is 19.2 Å². The molecule has 2 aromatic carbocycles. The molecule has 0 heterocycles. The number of carbonyl (C=O) groups is 4. The summed E-state index contributed by atoms with van der Waals surface area (Å²) < 4.78 is 0. The van der Waals surface area contributed by atoms with Crippen LogP contribution in [0, 0.1) is 0 Å². The maximum atomic E-state index is 11.8. The highest BCUT2D eigenvalue weighted by molar-refractivity contribution is 6.48. The van der Waals surface area contributed by atoms with Crippen LogP contribution >= 0.6 is 0 Å². The summed E-state index contributed by atoms with van der Waals surface area (Å²) in [6.07, 6.45) is 1.03. The van der Waals surface area contributed by atoms with Gasteiger partial charge >= 0.3 is 5.97 Å². The normalized spacial score (nSPS) is 15.0. The van der Waals surface area contributed by atoms with Crippen LogP contribution in [0.25, 0.3) is 10.8 Å². The zero-order valence-electron chi connectivity index (χ0n) is 12.0. The van der Waals surface area contributed by atoms with Crippen LogP contribution in [0.5, 0.6) is 0 Å². The minimum atomic E-state index is -0.989. The smallest absolute Gasteiger partial charge is 0.335 e. The van der Waals surface area contributed by atoms with E-state index in [0.29, 0.717) is 5.57 Å². The lowest BCUT2D eigenvalue weighted by molar-refractivity contribution is -0.136. The van der Waals surface area contributed by atoms with E-state index >= 15 is 0 Å². The van der Waals surface area contributed by atoms with Crippen LogP contribution < -0.4 is 0 Å². The number of rotatable bonds is 3. The molecule has 114 valence electrons. The first-order chi connectivity index (χ1) is 10.9. The number of aromatic carboxylic acids is 1. The molecule has 0 bridgehead atoms. The van der Waals surface area contributed by atoms with Crippen LogP contribution in [-0.4, -0.2) is 28.4 Å². The van der Waals surface area contributed by atoms with Crippen molar-refractivity contribution in [1.82, 2.24) is 0 Å². The van der Waals surface area contributed by atoms with Crippen molar-refractivity contribution >= 4 is 34.1 Å². The van der Waals surface area contributed by atoms with Crippen molar-refractivity contribution in [2.24, 2.45) is 0 Å². The predicted molar refractivity (Wildman–Crippen MR) is 82.3 cm³/mol. The Morgan fingerprint density at radius 2 is 1.65 bits per heavy atom. The molecule has 0 saturated carbocycles. The Morgan fingerprint density at radius 3 is 2.39 bits per heavy atom. The Balaban J connectivity index is 1.92. The zero-order chi connectivity index (χ0) is 16.6.